The molecule has 0 aliphatic carbocycles. The molecule has 2 N–H and O–H groups in total. The normalized spacial score (nSPS) is 10.2. The lowest BCUT2D eigenvalue weighted by Crippen LogP contribution is -2.34. The average molecular weight is 516 g/mol. The van der Waals surface area contributed by atoms with Crippen LogP contribution in [0.2, 0.25) is 0 Å². The highest BCUT2D eigenvalue weighted by atomic mass is 79.9. The molecule has 3 aromatic rings. The van der Waals surface area contributed by atoms with E-state index in [0.29, 0.717) is 34.7 Å². The lowest BCUT2D eigenvalue weighted by Gasteiger charge is -2.12. The Morgan fingerprint density at radius 2 is 1.66 bits per heavy atom. The summed E-state index contributed by atoms with van der Waals surface area (Å²) in [4.78, 5) is 22.8. The van der Waals surface area contributed by atoms with Crippen LogP contribution in [-0.4, -0.2) is 29.2 Å². The van der Waals surface area contributed by atoms with E-state index in [-0.39, 0.29) is 10.8 Å². The second kappa shape index (κ2) is 11.2. The number of thiocarbonyl (C=S) groups is 1. The van der Waals surface area contributed by atoms with Crippen molar-refractivity contribution < 1.29 is 19.2 Å². The molecule has 0 bridgehead atoms. The predicted molar refractivity (Wildman–Crippen MR) is 128 cm³/mol. The number of nitro groups is 1. The summed E-state index contributed by atoms with van der Waals surface area (Å²) in [6, 6.07) is 20.2. The Morgan fingerprint density at radius 1 is 0.969 bits per heavy atom. The summed E-state index contributed by atoms with van der Waals surface area (Å²) in [5.74, 6) is 0.850. The van der Waals surface area contributed by atoms with Gasteiger partial charge in [0.05, 0.1) is 10.6 Å². The number of para-hydroxylation sites is 1. The van der Waals surface area contributed by atoms with Gasteiger partial charge in [-0.05, 0) is 64.5 Å². The number of nitrogens with one attached hydrogen (secondary N) is 2. The third-order valence-corrected chi connectivity index (χ3v) is 4.96. The van der Waals surface area contributed by atoms with Gasteiger partial charge in [0, 0.05) is 22.2 Å². The van der Waals surface area contributed by atoms with Crippen molar-refractivity contribution in [2.45, 2.75) is 0 Å². The molecule has 0 saturated heterocycles. The number of carbonyl (C=O) groups excluding carboxylic acids is 1. The van der Waals surface area contributed by atoms with Crippen molar-refractivity contribution in [1.29, 1.82) is 0 Å². The average Bonchev–Trinajstić information content (AvgIpc) is 2.79. The Hall–Kier alpha value is -3.50. The first kappa shape index (κ1) is 23.2. The Balaban J connectivity index is 1.51. The van der Waals surface area contributed by atoms with Crippen molar-refractivity contribution in [3.8, 4) is 11.5 Å². The highest BCUT2D eigenvalue weighted by Crippen LogP contribution is 2.27. The van der Waals surface area contributed by atoms with Crippen molar-refractivity contribution in [3.05, 3.63) is 92.9 Å². The number of carbonyl (C=O) groups is 1. The van der Waals surface area contributed by atoms with Crippen LogP contribution in [0.15, 0.2) is 77.3 Å². The maximum atomic E-state index is 12.5. The number of amides is 1. The minimum atomic E-state index is -0.502. The number of anilines is 1. The van der Waals surface area contributed by atoms with Gasteiger partial charge in [-0.15, -0.1) is 0 Å². The molecular formula is C22H18BrN3O5S. The largest absolute Gasteiger partial charge is 0.490 e. The number of ether oxygens (including phenoxy) is 2. The van der Waals surface area contributed by atoms with E-state index in [0.717, 1.165) is 5.75 Å². The number of nitro benzene ring substituents is 1. The van der Waals surface area contributed by atoms with E-state index in [2.05, 4.69) is 26.6 Å². The summed E-state index contributed by atoms with van der Waals surface area (Å²) >= 11 is 8.42. The van der Waals surface area contributed by atoms with Crippen molar-refractivity contribution in [2.24, 2.45) is 0 Å². The van der Waals surface area contributed by atoms with Crippen LogP contribution in [-0.2, 0) is 0 Å². The van der Waals surface area contributed by atoms with Crippen molar-refractivity contribution in [1.82, 2.24) is 5.32 Å². The van der Waals surface area contributed by atoms with Crippen LogP contribution in [0, 0.1) is 10.1 Å². The lowest BCUT2D eigenvalue weighted by molar-refractivity contribution is -0.384. The van der Waals surface area contributed by atoms with Crippen LogP contribution in [0.4, 0.5) is 11.4 Å². The second-order valence-corrected chi connectivity index (χ2v) is 7.63. The molecule has 10 heteroatoms. The third kappa shape index (κ3) is 6.76. The van der Waals surface area contributed by atoms with E-state index in [1.807, 2.05) is 30.3 Å². The van der Waals surface area contributed by atoms with Gasteiger partial charge in [0.2, 0.25) is 0 Å². The molecule has 0 fully saturated rings. The van der Waals surface area contributed by atoms with Crippen LogP contribution in [0.5, 0.6) is 11.5 Å². The minimum Gasteiger partial charge on any atom is -0.490 e. The lowest BCUT2D eigenvalue weighted by atomic mass is 10.2. The molecule has 0 unspecified atom stereocenters. The molecule has 0 aromatic heterocycles. The molecule has 0 radical (unpaired) electrons. The maximum Gasteiger partial charge on any atom is 0.270 e. The molecule has 164 valence electrons. The van der Waals surface area contributed by atoms with Crippen LogP contribution >= 0.6 is 28.1 Å². The Labute approximate surface area is 197 Å². The van der Waals surface area contributed by atoms with Gasteiger partial charge in [-0.1, -0.05) is 24.3 Å². The Morgan fingerprint density at radius 3 is 2.34 bits per heavy atom. The zero-order valence-electron chi connectivity index (χ0n) is 16.6. The van der Waals surface area contributed by atoms with Crippen molar-refractivity contribution in [2.75, 3.05) is 18.5 Å². The fourth-order valence-corrected chi connectivity index (χ4v) is 3.28. The van der Waals surface area contributed by atoms with E-state index >= 15 is 0 Å². The fourth-order valence-electron chi connectivity index (χ4n) is 2.61. The van der Waals surface area contributed by atoms with Crippen LogP contribution < -0.4 is 20.1 Å². The first-order valence-electron chi connectivity index (χ1n) is 9.39. The standard InChI is InChI=1S/C22H18BrN3O5S/c23-19-14-16(26(28)29)9-10-20(19)24-22(32)25-21(27)15-5-4-8-18(13-15)31-12-11-30-17-6-2-1-3-7-17/h1-10,13-14H,11-12H2,(H2,24,25,27,32). The number of hydrogen-bond donors (Lipinski definition) is 2. The SMILES string of the molecule is O=C(NC(=S)Nc1ccc([N+](=O)[O-])cc1Br)c1cccc(OCCOc2ccccc2)c1. The zero-order chi connectivity index (χ0) is 22.9. The number of benzene rings is 3. The van der Waals surface area contributed by atoms with E-state index in [1.165, 1.54) is 18.2 Å². The molecule has 0 aliphatic heterocycles. The summed E-state index contributed by atoms with van der Waals surface area (Å²) < 4.78 is 11.7. The first-order valence-corrected chi connectivity index (χ1v) is 10.6. The van der Waals surface area contributed by atoms with Gasteiger partial charge in [-0.3, -0.25) is 20.2 Å². The number of non-ortho nitro benzene ring substituents is 1. The molecule has 0 atom stereocenters. The van der Waals surface area contributed by atoms with E-state index in [9.17, 15) is 14.9 Å². The smallest absolute Gasteiger partial charge is 0.270 e. The monoisotopic (exact) mass is 515 g/mol. The van der Waals surface area contributed by atoms with Crippen LogP contribution in [0.25, 0.3) is 0 Å². The highest BCUT2D eigenvalue weighted by Gasteiger charge is 2.12. The quantitative estimate of drug-likeness (QED) is 0.189. The topological polar surface area (TPSA) is 103 Å². The van der Waals surface area contributed by atoms with E-state index in [4.69, 9.17) is 21.7 Å². The van der Waals surface area contributed by atoms with Gasteiger partial charge < -0.3 is 14.8 Å². The molecule has 1 amide bonds. The number of halogens is 1. The second-order valence-electron chi connectivity index (χ2n) is 6.37. The summed E-state index contributed by atoms with van der Waals surface area (Å²) in [6.45, 7) is 0.673. The molecule has 3 aromatic carbocycles. The van der Waals surface area contributed by atoms with Gasteiger partial charge in [0.15, 0.2) is 5.11 Å². The predicted octanol–water partition coefficient (Wildman–Crippen LogP) is 4.94. The van der Waals surface area contributed by atoms with Gasteiger partial charge in [0.1, 0.15) is 24.7 Å². The van der Waals surface area contributed by atoms with Gasteiger partial charge in [0.25, 0.3) is 11.6 Å². The van der Waals surface area contributed by atoms with Gasteiger partial charge >= 0.3 is 0 Å². The number of rotatable bonds is 8. The molecule has 0 saturated carbocycles. The number of hydrogen-bond acceptors (Lipinski definition) is 6. The summed E-state index contributed by atoms with van der Waals surface area (Å²) in [5.41, 5.74) is 0.776. The molecule has 0 heterocycles. The molecule has 0 aliphatic rings. The van der Waals surface area contributed by atoms with Crippen LogP contribution in [0.3, 0.4) is 0 Å². The summed E-state index contributed by atoms with van der Waals surface area (Å²) in [5, 5.41) is 16.3. The molecule has 3 rings (SSSR count). The molecule has 0 spiro atoms. The van der Waals surface area contributed by atoms with Crippen molar-refractivity contribution >= 4 is 50.5 Å². The number of nitrogens with zero attached hydrogens (tertiary/aromatic N) is 1. The van der Waals surface area contributed by atoms with Crippen molar-refractivity contribution in [3.63, 3.8) is 0 Å². The van der Waals surface area contributed by atoms with Gasteiger partial charge in [-0.2, -0.15) is 0 Å². The van der Waals surface area contributed by atoms with E-state index < -0.39 is 10.8 Å². The molecular weight excluding hydrogens is 498 g/mol. The highest BCUT2D eigenvalue weighted by molar-refractivity contribution is 9.10. The fraction of sp³-hybridized carbons (Fsp3) is 0.0909. The summed E-state index contributed by atoms with van der Waals surface area (Å²) in [6.07, 6.45) is 0. The van der Waals surface area contributed by atoms with Gasteiger partial charge in [-0.25, -0.2) is 0 Å². The maximum absolute atomic E-state index is 12.5. The Bertz CT molecular complexity index is 1130. The van der Waals surface area contributed by atoms with Crippen LogP contribution in [0.1, 0.15) is 10.4 Å². The third-order valence-electron chi connectivity index (χ3n) is 4.10. The molecule has 8 nitrogen and oxygen atoms in total. The first-order chi connectivity index (χ1) is 15.4. The minimum absolute atomic E-state index is 0.0483. The van der Waals surface area contributed by atoms with E-state index in [1.54, 1.807) is 24.3 Å². The zero-order valence-corrected chi connectivity index (χ0v) is 19.0. The summed E-state index contributed by atoms with van der Waals surface area (Å²) in [7, 11) is 0. The molecule has 32 heavy (non-hydrogen) atoms. The Kier molecular flexibility index (Phi) is 8.12.